The first-order valence-corrected chi connectivity index (χ1v) is 6.58. The number of aryl methyl sites for hydroxylation is 1. The topological polar surface area (TPSA) is 13.1 Å². The van der Waals surface area contributed by atoms with Crippen LogP contribution in [-0.2, 0) is 12.3 Å². The molecule has 0 aliphatic carbocycles. The molecule has 0 atom stereocenters. The molecule has 0 aromatic carbocycles. The third-order valence-electron chi connectivity index (χ3n) is 3.14. The highest BCUT2D eigenvalue weighted by Gasteiger charge is 2.82. The number of unbranched alkanes of at least 4 members (excludes halogenated alkanes) is 2. The second-order valence-electron chi connectivity index (χ2n) is 4.94. The minimum atomic E-state index is -6.92. The van der Waals surface area contributed by atoms with Gasteiger partial charge in [0.2, 0.25) is 0 Å². The monoisotopic (exact) mass is 356 g/mol. The van der Waals surface area contributed by atoms with Gasteiger partial charge in [-0.2, -0.15) is 39.5 Å². The van der Waals surface area contributed by atoms with Crippen LogP contribution < -0.4 is 0 Å². The summed E-state index contributed by atoms with van der Waals surface area (Å²) in [6.07, 6.45) is -4.86. The fourth-order valence-corrected chi connectivity index (χ4v) is 1.76. The van der Waals surface area contributed by atoms with Gasteiger partial charge in [-0.3, -0.25) is 0 Å². The molecule has 1 heterocycles. The lowest BCUT2D eigenvalue weighted by atomic mass is 10.0. The molecule has 1 aromatic rings. The molecule has 0 saturated carbocycles. The maximum atomic E-state index is 13.5. The van der Waals surface area contributed by atoms with Crippen molar-refractivity contribution in [2.24, 2.45) is 0 Å². The fraction of sp³-hybridized carbons (Fsp3) is 0.692. The highest BCUT2D eigenvalue weighted by molar-refractivity contribution is 5.17. The van der Waals surface area contributed by atoms with Crippen molar-refractivity contribution < 1.29 is 43.9 Å². The van der Waals surface area contributed by atoms with Gasteiger partial charge in [0.1, 0.15) is 5.76 Å². The lowest BCUT2D eigenvalue weighted by Gasteiger charge is -2.32. The maximum absolute atomic E-state index is 13.5. The van der Waals surface area contributed by atoms with E-state index in [2.05, 4.69) is 4.42 Å². The average molecular weight is 356 g/mol. The Morgan fingerprint density at radius 3 is 1.87 bits per heavy atom. The Kier molecular flexibility index (Phi) is 5.37. The summed E-state index contributed by atoms with van der Waals surface area (Å²) in [7, 11) is 0. The number of halogens is 9. The van der Waals surface area contributed by atoms with Crippen LogP contribution in [0.25, 0.3) is 0 Å². The van der Waals surface area contributed by atoms with Crippen LogP contribution in [0.4, 0.5) is 39.5 Å². The molecule has 0 N–H and O–H groups in total. The van der Waals surface area contributed by atoms with Gasteiger partial charge in [0.25, 0.3) is 0 Å². The normalized spacial score (nSPS) is 14.3. The van der Waals surface area contributed by atoms with Gasteiger partial charge >= 0.3 is 23.9 Å². The van der Waals surface area contributed by atoms with E-state index in [1.165, 1.54) is 0 Å². The van der Waals surface area contributed by atoms with Crippen molar-refractivity contribution >= 4 is 0 Å². The molecule has 0 amide bonds. The molecule has 1 rings (SSSR count). The molecule has 1 nitrogen and oxygen atoms in total. The first kappa shape index (κ1) is 19.7. The number of hydrogen-bond donors (Lipinski definition) is 0. The summed E-state index contributed by atoms with van der Waals surface area (Å²) in [5.74, 6) is -21.6. The van der Waals surface area contributed by atoms with Crippen LogP contribution in [0, 0.1) is 0 Å². The zero-order chi connectivity index (χ0) is 18.1. The molecule has 23 heavy (non-hydrogen) atoms. The Balaban J connectivity index is 3.10. The summed E-state index contributed by atoms with van der Waals surface area (Å²) in [6, 6.07) is 1.13. The molecule has 0 radical (unpaired) electrons. The van der Waals surface area contributed by atoms with E-state index in [0.29, 0.717) is 12.8 Å². The molecule has 0 aliphatic rings. The van der Waals surface area contributed by atoms with Crippen LogP contribution in [0.3, 0.4) is 0 Å². The minimum absolute atomic E-state index is 0.0746. The highest BCUT2D eigenvalue weighted by atomic mass is 19.4. The lowest BCUT2D eigenvalue weighted by Crippen LogP contribution is -2.59. The van der Waals surface area contributed by atoms with Crippen molar-refractivity contribution in [2.45, 2.75) is 56.6 Å². The summed E-state index contributed by atoms with van der Waals surface area (Å²) >= 11 is 0. The van der Waals surface area contributed by atoms with E-state index < -0.39 is 29.7 Å². The van der Waals surface area contributed by atoms with Gasteiger partial charge in [0, 0.05) is 6.42 Å². The molecule has 1 aromatic heterocycles. The Labute approximate surface area is 125 Å². The highest BCUT2D eigenvalue weighted by Crippen LogP contribution is 2.56. The summed E-state index contributed by atoms with van der Waals surface area (Å²) in [5, 5.41) is 0. The predicted molar refractivity (Wildman–Crippen MR) is 61.8 cm³/mol. The molecule has 0 fully saturated rings. The largest absolute Gasteiger partial charge is 0.460 e. The van der Waals surface area contributed by atoms with E-state index in [1.807, 2.05) is 6.92 Å². The number of furan rings is 1. The predicted octanol–water partition coefficient (Wildman–Crippen LogP) is 5.94. The van der Waals surface area contributed by atoms with Gasteiger partial charge in [-0.1, -0.05) is 19.8 Å². The van der Waals surface area contributed by atoms with Crippen molar-refractivity contribution in [3.63, 3.8) is 0 Å². The van der Waals surface area contributed by atoms with Crippen molar-refractivity contribution in [3.8, 4) is 0 Å². The SMILES string of the molecule is CCCCCc1ccc(C(F)(F)C(F)(F)C(F)(F)C(F)(F)F)o1. The average Bonchev–Trinajstić information content (AvgIpc) is 2.86. The number of rotatable bonds is 7. The molecule has 0 bridgehead atoms. The summed E-state index contributed by atoms with van der Waals surface area (Å²) in [4.78, 5) is 0. The number of alkyl halides is 9. The molecule has 0 saturated heterocycles. The molecular weight excluding hydrogens is 343 g/mol. The van der Waals surface area contributed by atoms with E-state index in [4.69, 9.17) is 0 Å². The van der Waals surface area contributed by atoms with Gasteiger partial charge in [-0.05, 0) is 18.6 Å². The third kappa shape index (κ3) is 3.45. The standard InChI is InChI=1S/C13H13F9O/c1-2-3-4-5-8-6-7-9(23-8)10(14,15)11(16,17)12(18,19)13(20,21)22/h6-7H,2-5H2,1H3. The Morgan fingerprint density at radius 2 is 1.39 bits per heavy atom. The second-order valence-corrected chi connectivity index (χ2v) is 4.94. The van der Waals surface area contributed by atoms with E-state index >= 15 is 0 Å². The van der Waals surface area contributed by atoms with Crippen LogP contribution in [0.2, 0.25) is 0 Å². The Hall–Kier alpha value is -1.35. The summed E-state index contributed by atoms with van der Waals surface area (Å²) in [6.45, 7) is 1.83. The molecular formula is C13H13F9O. The Bertz CT molecular complexity index is 516. The van der Waals surface area contributed by atoms with Gasteiger partial charge in [-0.25, -0.2) is 0 Å². The van der Waals surface area contributed by atoms with Crippen LogP contribution >= 0.6 is 0 Å². The molecule has 0 aliphatic heterocycles. The lowest BCUT2D eigenvalue weighted by molar-refractivity contribution is -0.401. The van der Waals surface area contributed by atoms with Gasteiger partial charge in [0.05, 0.1) is 0 Å². The first-order valence-electron chi connectivity index (χ1n) is 6.58. The van der Waals surface area contributed by atoms with E-state index in [9.17, 15) is 39.5 Å². The van der Waals surface area contributed by atoms with Gasteiger partial charge in [-0.15, -0.1) is 0 Å². The van der Waals surface area contributed by atoms with Crippen molar-refractivity contribution in [1.29, 1.82) is 0 Å². The van der Waals surface area contributed by atoms with Crippen LogP contribution in [0.1, 0.15) is 37.7 Å². The quantitative estimate of drug-likeness (QED) is 0.435. The summed E-state index contributed by atoms with van der Waals surface area (Å²) < 4.78 is 119. The van der Waals surface area contributed by atoms with Crippen LogP contribution in [0.15, 0.2) is 16.5 Å². The van der Waals surface area contributed by atoms with Gasteiger partial charge in [0.15, 0.2) is 5.76 Å². The summed E-state index contributed by atoms with van der Waals surface area (Å²) in [5.41, 5.74) is 0. The van der Waals surface area contributed by atoms with E-state index in [-0.39, 0.29) is 18.2 Å². The van der Waals surface area contributed by atoms with E-state index in [1.54, 1.807) is 0 Å². The zero-order valence-corrected chi connectivity index (χ0v) is 11.8. The van der Waals surface area contributed by atoms with Crippen LogP contribution in [-0.4, -0.2) is 18.0 Å². The smallest absolute Gasteiger partial charge is 0.459 e. The fourth-order valence-electron chi connectivity index (χ4n) is 1.76. The van der Waals surface area contributed by atoms with Crippen molar-refractivity contribution in [2.75, 3.05) is 0 Å². The van der Waals surface area contributed by atoms with Crippen LogP contribution in [0.5, 0.6) is 0 Å². The zero-order valence-electron chi connectivity index (χ0n) is 11.8. The minimum Gasteiger partial charge on any atom is -0.459 e. The molecule has 10 heteroatoms. The molecule has 0 unspecified atom stereocenters. The van der Waals surface area contributed by atoms with Crippen molar-refractivity contribution in [3.05, 3.63) is 23.7 Å². The van der Waals surface area contributed by atoms with E-state index in [0.717, 1.165) is 12.5 Å². The maximum Gasteiger partial charge on any atom is 0.460 e. The second kappa shape index (κ2) is 6.27. The first-order chi connectivity index (χ1) is 10.3. The van der Waals surface area contributed by atoms with Crippen molar-refractivity contribution in [1.82, 2.24) is 0 Å². The Morgan fingerprint density at radius 1 is 0.826 bits per heavy atom. The third-order valence-corrected chi connectivity index (χ3v) is 3.14. The number of hydrogen-bond acceptors (Lipinski definition) is 1. The van der Waals surface area contributed by atoms with Gasteiger partial charge < -0.3 is 4.42 Å². The molecule has 134 valence electrons. The molecule has 0 spiro atoms.